The first kappa shape index (κ1) is 25.7. The molecule has 6 nitrogen and oxygen atoms in total. The van der Waals surface area contributed by atoms with Crippen molar-refractivity contribution in [3.05, 3.63) is 65.2 Å². The Kier molecular flexibility index (Phi) is 11.0. The van der Waals surface area contributed by atoms with Gasteiger partial charge in [-0.05, 0) is 42.1 Å². The minimum atomic E-state index is -3.25. The van der Waals surface area contributed by atoms with Crippen LogP contribution in [-0.4, -0.2) is 46.7 Å². The number of benzene rings is 2. The van der Waals surface area contributed by atoms with Gasteiger partial charge in [0.2, 0.25) is 10.0 Å². The van der Waals surface area contributed by atoms with Gasteiger partial charge in [0, 0.05) is 32.1 Å². The van der Waals surface area contributed by atoms with Crippen molar-refractivity contribution in [3.8, 4) is 0 Å². The highest BCUT2D eigenvalue weighted by Crippen LogP contribution is 2.15. The molecule has 0 saturated carbocycles. The number of sulfonamides is 1. The minimum absolute atomic E-state index is 0. The summed E-state index contributed by atoms with van der Waals surface area (Å²) < 4.78 is 25.6. The predicted molar refractivity (Wildman–Crippen MR) is 133 cm³/mol. The van der Waals surface area contributed by atoms with Crippen molar-refractivity contribution >= 4 is 51.7 Å². The van der Waals surface area contributed by atoms with E-state index < -0.39 is 10.0 Å². The van der Waals surface area contributed by atoms with Crippen LogP contribution in [0.25, 0.3) is 0 Å². The van der Waals surface area contributed by atoms with Crippen LogP contribution in [-0.2, 0) is 28.9 Å². The zero-order valence-electron chi connectivity index (χ0n) is 17.2. The monoisotopic (exact) mass is 548 g/mol. The summed E-state index contributed by atoms with van der Waals surface area (Å²) in [6, 6.07) is 16.1. The molecule has 2 aromatic rings. The third kappa shape index (κ3) is 8.53. The molecule has 0 aliphatic heterocycles. The molecule has 0 bridgehead atoms. The van der Waals surface area contributed by atoms with E-state index in [0.29, 0.717) is 6.54 Å². The van der Waals surface area contributed by atoms with Crippen LogP contribution < -0.4 is 10.0 Å². The summed E-state index contributed by atoms with van der Waals surface area (Å²) in [5.41, 5.74) is 3.04. The molecular formula is C20H29IN4O2S2. The lowest BCUT2D eigenvalue weighted by molar-refractivity contribution is 0.476. The van der Waals surface area contributed by atoms with E-state index in [-0.39, 0.29) is 29.7 Å². The van der Waals surface area contributed by atoms with E-state index >= 15 is 0 Å². The van der Waals surface area contributed by atoms with E-state index in [2.05, 4.69) is 50.5 Å². The lowest BCUT2D eigenvalue weighted by Gasteiger charge is -2.22. The summed E-state index contributed by atoms with van der Waals surface area (Å²) in [5, 5.41) is 3.35. The molecule has 0 aliphatic rings. The second-order valence-corrected chi connectivity index (χ2v) is 9.19. The summed E-state index contributed by atoms with van der Waals surface area (Å²) in [6.45, 7) is 1.37. The molecule has 0 aromatic heterocycles. The van der Waals surface area contributed by atoms with Crippen LogP contribution in [0.4, 0.5) is 0 Å². The SMILES string of the molecule is CN=C(NCc1ccc(CS(=O)(=O)NC)cc1)N(C)Cc1ccc(SC)cc1.I. The standard InChI is InChI=1S/C20H28N4O2S2.HI/c1-21-20(24(3)14-17-9-11-19(27-4)12-10-17)23-13-16-5-7-18(8-6-16)15-28(25,26)22-2;/h5-12,22H,13-15H2,1-4H3,(H,21,23);1H. The molecule has 0 unspecified atom stereocenters. The number of thioether (sulfide) groups is 1. The molecule has 160 valence electrons. The highest BCUT2D eigenvalue weighted by Gasteiger charge is 2.09. The largest absolute Gasteiger partial charge is 0.352 e. The summed E-state index contributed by atoms with van der Waals surface area (Å²) in [4.78, 5) is 7.67. The van der Waals surface area contributed by atoms with Gasteiger partial charge < -0.3 is 10.2 Å². The molecule has 29 heavy (non-hydrogen) atoms. The lowest BCUT2D eigenvalue weighted by atomic mass is 10.1. The Morgan fingerprint density at radius 3 is 2.10 bits per heavy atom. The Labute approximate surface area is 195 Å². The van der Waals surface area contributed by atoms with Gasteiger partial charge in [-0.1, -0.05) is 36.4 Å². The highest BCUT2D eigenvalue weighted by molar-refractivity contribution is 14.0. The van der Waals surface area contributed by atoms with E-state index in [1.165, 1.54) is 17.5 Å². The van der Waals surface area contributed by atoms with Crippen molar-refractivity contribution < 1.29 is 8.42 Å². The van der Waals surface area contributed by atoms with Gasteiger partial charge >= 0.3 is 0 Å². The number of nitrogens with zero attached hydrogens (tertiary/aromatic N) is 2. The van der Waals surface area contributed by atoms with Crippen LogP contribution in [0.15, 0.2) is 58.4 Å². The Morgan fingerprint density at radius 1 is 1.03 bits per heavy atom. The molecule has 0 heterocycles. The average Bonchev–Trinajstić information content (AvgIpc) is 2.70. The van der Waals surface area contributed by atoms with Crippen LogP contribution in [0.5, 0.6) is 0 Å². The molecule has 9 heteroatoms. The third-order valence-corrected chi connectivity index (χ3v) is 6.37. The van der Waals surface area contributed by atoms with Crippen LogP contribution in [0.2, 0.25) is 0 Å². The van der Waals surface area contributed by atoms with Gasteiger partial charge in [-0.2, -0.15) is 0 Å². The van der Waals surface area contributed by atoms with Crippen LogP contribution in [0, 0.1) is 0 Å². The van der Waals surface area contributed by atoms with Crippen molar-refractivity contribution in [1.82, 2.24) is 14.9 Å². The van der Waals surface area contributed by atoms with Crippen molar-refractivity contribution in [3.63, 3.8) is 0 Å². The lowest BCUT2D eigenvalue weighted by Crippen LogP contribution is -2.38. The summed E-state index contributed by atoms with van der Waals surface area (Å²) in [5.74, 6) is 0.785. The van der Waals surface area contributed by atoms with Crippen molar-refractivity contribution in [1.29, 1.82) is 0 Å². The molecule has 2 rings (SSSR count). The van der Waals surface area contributed by atoms with Gasteiger partial charge in [0.1, 0.15) is 0 Å². The molecule has 0 aliphatic carbocycles. The smallest absolute Gasteiger partial charge is 0.215 e. The number of rotatable bonds is 8. The maximum absolute atomic E-state index is 11.6. The van der Waals surface area contributed by atoms with Crippen LogP contribution in [0.1, 0.15) is 16.7 Å². The number of halogens is 1. The molecular weight excluding hydrogens is 519 g/mol. The fraction of sp³-hybridized carbons (Fsp3) is 0.350. The van der Waals surface area contributed by atoms with Crippen molar-refractivity contribution in [2.45, 2.75) is 23.7 Å². The number of nitrogens with one attached hydrogen (secondary N) is 2. The summed E-state index contributed by atoms with van der Waals surface area (Å²) in [7, 11) is 1.94. The van der Waals surface area contributed by atoms with E-state index in [0.717, 1.165) is 23.6 Å². The maximum Gasteiger partial charge on any atom is 0.215 e. The van der Waals surface area contributed by atoms with Gasteiger partial charge in [0.25, 0.3) is 0 Å². The number of hydrogen-bond acceptors (Lipinski definition) is 4. The van der Waals surface area contributed by atoms with Gasteiger partial charge in [0.05, 0.1) is 5.75 Å². The molecule has 0 fully saturated rings. The first-order valence-corrected chi connectivity index (χ1v) is 11.8. The molecule has 2 N–H and O–H groups in total. The Balaban J connectivity index is 0.00000420. The molecule has 0 atom stereocenters. The van der Waals surface area contributed by atoms with E-state index in [1.54, 1.807) is 18.8 Å². The summed E-state index contributed by atoms with van der Waals surface area (Å²) >= 11 is 1.73. The number of aliphatic imine (C=N–C) groups is 1. The second kappa shape index (κ2) is 12.4. The first-order chi connectivity index (χ1) is 13.4. The summed E-state index contributed by atoms with van der Waals surface area (Å²) in [6.07, 6.45) is 2.07. The first-order valence-electron chi connectivity index (χ1n) is 8.90. The van der Waals surface area contributed by atoms with Crippen molar-refractivity contribution in [2.24, 2.45) is 4.99 Å². The molecule has 0 amide bonds. The highest BCUT2D eigenvalue weighted by atomic mass is 127. The second-order valence-electron chi connectivity index (χ2n) is 6.38. The molecule has 0 radical (unpaired) electrons. The zero-order chi connectivity index (χ0) is 20.6. The topological polar surface area (TPSA) is 73.8 Å². The van der Waals surface area contributed by atoms with E-state index in [4.69, 9.17) is 0 Å². The van der Waals surface area contributed by atoms with Crippen LogP contribution in [0.3, 0.4) is 0 Å². The number of guanidine groups is 1. The Hall–Kier alpha value is -1.30. The average molecular weight is 549 g/mol. The zero-order valence-corrected chi connectivity index (χ0v) is 21.1. The van der Waals surface area contributed by atoms with Gasteiger partial charge in [-0.15, -0.1) is 35.7 Å². The predicted octanol–water partition coefficient (Wildman–Crippen LogP) is 3.28. The molecule has 0 saturated heterocycles. The maximum atomic E-state index is 11.6. The third-order valence-electron chi connectivity index (χ3n) is 4.29. The van der Waals surface area contributed by atoms with Gasteiger partial charge in [-0.3, -0.25) is 4.99 Å². The van der Waals surface area contributed by atoms with Crippen molar-refractivity contribution in [2.75, 3.05) is 27.4 Å². The van der Waals surface area contributed by atoms with Gasteiger partial charge in [-0.25, -0.2) is 13.1 Å². The Morgan fingerprint density at radius 2 is 1.59 bits per heavy atom. The van der Waals surface area contributed by atoms with Gasteiger partial charge in [0.15, 0.2) is 5.96 Å². The quantitative estimate of drug-likeness (QED) is 0.229. The molecule has 0 spiro atoms. The molecule has 2 aromatic carbocycles. The fourth-order valence-electron chi connectivity index (χ4n) is 2.69. The fourth-order valence-corrected chi connectivity index (χ4v) is 3.87. The van der Waals surface area contributed by atoms with Crippen LogP contribution >= 0.6 is 35.7 Å². The van der Waals surface area contributed by atoms with E-state index in [9.17, 15) is 8.42 Å². The number of hydrogen-bond donors (Lipinski definition) is 2. The van der Waals surface area contributed by atoms with E-state index in [1.807, 2.05) is 31.3 Å². The normalized spacial score (nSPS) is 11.7. The Bertz CT molecular complexity index is 886. The minimum Gasteiger partial charge on any atom is -0.352 e.